The highest BCUT2D eigenvalue weighted by molar-refractivity contribution is 6.31. The lowest BCUT2D eigenvalue weighted by molar-refractivity contribution is 0.256. The van der Waals surface area contributed by atoms with Crippen LogP contribution in [0.15, 0.2) is 66.7 Å². The number of nitrogens with one attached hydrogen (secondary N) is 1. The van der Waals surface area contributed by atoms with Crippen LogP contribution < -0.4 is 15.0 Å². The lowest BCUT2D eigenvalue weighted by atomic mass is 10.1. The summed E-state index contributed by atoms with van der Waals surface area (Å²) in [7, 11) is 0. The zero-order valence-corrected chi connectivity index (χ0v) is 15.7. The highest BCUT2D eigenvalue weighted by atomic mass is 35.5. The SMILES string of the molecule is Cc1ccc(OCc2ccccc2Cl)cc1N1Cc2ccccc2NC1=O. The van der Waals surface area contributed by atoms with Crippen molar-refractivity contribution in [1.29, 1.82) is 0 Å². The molecule has 1 N–H and O–H groups in total. The van der Waals surface area contributed by atoms with E-state index in [1.165, 1.54) is 0 Å². The summed E-state index contributed by atoms with van der Waals surface area (Å²) in [5.41, 5.74) is 4.71. The van der Waals surface area contributed by atoms with E-state index in [0.717, 1.165) is 28.1 Å². The van der Waals surface area contributed by atoms with Gasteiger partial charge in [-0.25, -0.2) is 4.79 Å². The lowest BCUT2D eigenvalue weighted by Gasteiger charge is -2.30. The van der Waals surface area contributed by atoms with Crippen LogP contribution in [0.4, 0.5) is 16.2 Å². The third-order valence-electron chi connectivity index (χ3n) is 4.66. The predicted molar refractivity (Wildman–Crippen MR) is 109 cm³/mol. The van der Waals surface area contributed by atoms with Crippen LogP contribution in [0, 0.1) is 6.92 Å². The van der Waals surface area contributed by atoms with Crippen LogP contribution in [0.3, 0.4) is 0 Å². The van der Waals surface area contributed by atoms with Crippen LogP contribution in [-0.4, -0.2) is 6.03 Å². The number of ether oxygens (including phenoxy) is 1. The molecule has 0 unspecified atom stereocenters. The Kier molecular flexibility index (Phi) is 4.73. The van der Waals surface area contributed by atoms with Crippen molar-refractivity contribution in [2.45, 2.75) is 20.1 Å². The topological polar surface area (TPSA) is 41.6 Å². The Balaban J connectivity index is 1.58. The molecule has 27 heavy (non-hydrogen) atoms. The normalized spacial score (nSPS) is 13.1. The summed E-state index contributed by atoms with van der Waals surface area (Å²) < 4.78 is 5.92. The van der Waals surface area contributed by atoms with Gasteiger partial charge in [-0.3, -0.25) is 4.90 Å². The van der Waals surface area contributed by atoms with Crippen LogP contribution in [0.25, 0.3) is 0 Å². The number of amides is 2. The molecule has 0 atom stereocenters. The van der Waals surface area contributed by atoms with Gasteiger partial charge in [-0.2, -0.15) is 0 Å². The molecule has 0 saturated heterocycles. The van der Waals surface area contributed by atoms with Crippen molar-refractivity contribution in [3.63, 3.8) is 0 Å². The van der Waals surface area contributed by atoms with E-state index in [1.807, 2.05) is 73.7 Å². The maximum Gasteiger partial charge on any atom is 0.326 e. The standard InChI is InChI=1S/C22H19ClN2O2/c1-15-10-11-18(27-14-17-7-2-4-8-19(17)23)12-21(15)25-13-16-6-3-5-9-20(16)24-22(25)26/h2-12H,13-14H2,1H3,(H,24,26). The third-order valence-corrected chi connectivity index (χ3v) is 5.02. The second kappa shape index (κ2) is 7.33. The number of fused-ring (bicyclic) bond motifs is 1. The second-order valence-corrected chi connectivity index (χ2v) is 6.91. The second-order valence-electron chi connectivity index (χ2n) is 6.50. The molecular weight excluding hydrogens is 360 g/mol. The van der Waals surface area contributed by atoms with E-state index in [-0.39, 0.29) is 6.03 Å². The highest BCUT2D eigenvalue weighted by Gasteiger charge is 2.25. The summed E-state index contributed by atoms with van der Waals surface area (Å²) in [5.74, 6) is 0.696. The minimum absolute atomic E-state index is 0.139. The van der Waals surface area contributed by atoms with Crippen molar-refractivity contribution in [3.05, 3.63) is 88.4 Å². The maximum atomic E-state index is 12.6. The maximum absolute atomic E-state index is 12.6. The number of hydrogen-bond donors (Lipinski definition) is 1. The summed E-state index contributed by atoms with van der Waals surface area (Å²) >= 11 is 6.19. The zero-order chi connectivity index (χ0) is 18.8. The Morgan fingerprint density at radius 2 is 1.85 bits per heavy atom. The number of para-hydroxylation sites is 1. The Hall–Kier alpha value is -2.98. The number of halogens is 1. The van der Waals surface area contributed by atoms with E-state index in [2.05, 4.69) is 5.32 Å². The Bertz CT molecular complexity index is 1000. The smallest absolute Gasteiger partial charge is 0.326 e. The predicted octanol–water partition coefficient (Wildman–Crippen LogP) is 5.78. The number of carbonyl (C=O) groups excluding carboxylic acids is 1. The van der Waals surface area contributed by atoms with Gasteiger partial charge in [0, 0.05) is 22.3 Å². The van der Waals surface area contributed by atoms with E-state index in [4.69, 9.17) is 16.3 Å². The molecule has 0 aromatic heterocycles. The fraction of sp³-hybridized carbons (Fsp3) is 0.136. The fourth-order valence-corrected chi connectivity index (χ4v) is 3.34. The molecule has 136 valence electrons. The van der Waals surface area contributed by atoms with Crippen molar-refractivity contribution in [2.24, 2.45) is 0 Å². The van der Waals surface area contributed by atoms with Crippen LogP contribution >= 0.6 is 11.6 Å². The summed E-state index contributed by atoms with van der Waals surface area (Å²) in [6.07, 6.45) is 0. The molecule has 1 heterocycles. The van der Waals surface area contributed by atoms with E-state index >= 15 is 0 Å². The van der Waals surface area contributed by atoms with Gasteiger partial charge in [0.1, 0.15) is 12.4 Å². The first-order valence-electron chi connectivity index (χ1n) is 8.75. The molecule has 0 fully saturated rings. The molecule has 0 radical (unpaired) electrons. The molecule has 0 aliphatic carbocycles. The largest absolute Gasteiger partial charge is 0.489 e. The van der Waals surface area contributed by atoms with Gasteiger partial charge in [-0.1, -0.05) is 54.1 Å². The number of hydrogen-bond acceptors (Lipinski definition) is 2. The van der Waals surface area contributed by atoms with Crippen LogP contribution in [0.5, 0.6) is 5.75 Å². The first-order chi connectivity index (χ1) is 13.1. The van der Waals surface area contributed by atoms with Crippen molar-refractivity contribution < 1.29 is 9.53 Å². The number of rotatable bonds is 4. The molecule has 2 amide bonds. The number of aryl methyl sites for hydroxylation is 1. The van der Waals surface area contributed by atoms with E-state index in [9.17, 15) is 4.79 Å². The molecule has 4 nitrogen and oxygen atoms in total. The monoisotopic (exact) mass is 378 g/mol. The lowest BCUT2D eigenvalue weighted by Crippen LogP contribution is -2.39. The van der Waals surface area contributed by atoms with Gasteiger partial charge in [-0.05, 0) is 36.2 Å². The van der Waals surface area contributed by atoms with Gasteiger partial charge in [-0.15, -0.1) is 0 Å². The van der Waals surface area contributed by atoms with Gasteiger partial charge in [0.15, 0.2) is 0 Å². The Morgan fingerprint density at radius 3 is 2.70 bits per heavy atom. The molecule has 0 spiro atoms. The summed E-state index contributed by atoms with van der Waals surface area (Å²) in [6, 6.07) is 21.1. The van der Waals surface area contributed by atoms with Crippen LogP contribution in [0.1, 0.15) is 16.7 Å². The Morgan fingerprint density at radius 1 is 1.07 bits per heavy atom. The number of anilines is 2. The van der Waals surface area contributed by atoms with Crippen molar-refractivity contribution in [2.75, 3.05) is 10.2 Å². The van der Waals surface area contributed by atoms with Crippen molar-refractivity contribution in [1.82, 2.24) is 0 Å². The zero-order valence-electron chi connectivity index (χ0n) is 14.9. The van der Waals surface area contributed by atoms with Crippen molar-refractivity contribution in [3.8, 4) is 5.75 Å². The number of urea groups is 1. The number of carbonyl (C=O) groups is 1. The van der Waals surface area contributed by atoms with E-state index in [1.54, 1.807) is 4.90 Å². The molecule has 1 aliphatic rings. The number of benzene rings is 3. The molecule has 3 aromatic rings. The summed E-state index contributed by atoms with van der Waals surface area (Å²) in [5, 5.41) is 3.63. The highest BCUT2D eigenvalue weighted by Crippen LogP contribution is 2.32. The van der Waals surface area contributed by atoms with Crippen molar-refractivity contribution >= 4 is 29.0 Å². The van der Waals surface area contributed by atoms with Gasteiger partial charge in [0.2, 0.25) is 0 Å². The minimum atomic E-state index is -0.139. The average Bonchev–Trinajstić information content (AvgIpc) is 2.68. The first-order valence-corrected chi connectivity index (χ1v) is 9.13. The molecule has 4 rings (SSSR count). The molecule has 3 aromatic carbocycles. The summed E-state index contributed by atoms with van der Waals surface area (Å²) in [4.78, 5) is 14.3. The molecule has 1 aliphatic heterocycles. The summed E-state index contributed by atoms with van der Waals surface area (Å²) in [6.45, 7) is 2.88. The minimum Gasteiger partial charge on any atom is -0.489 e. The van der Waals surface area contributed by atoms with E-state index in [0.29, 0.717) is 23.9 Å². The van der Waals surface area contributed by atoms with Gasteiger partial charge in [0.25, 0.3) is 0 Å². The molecular formula is C22H19ClN2O2. The van der Waals surface area contributed by atoms with Gasteiger partial charge < -0.3 is 10.1 Å². The van der Waals surface area contributed by atoms with Gasteiger partial charge in [0.05, 0.1) is 12.2 Å². The van der Waals surface area contributed by atoms with E-state index < -0.39 is 0 Å². The molecule has 0 bridgehead atoms. The molecule has 5 heteroatoms. The van der Waals surface area contributed by atoms with Gasteiger partial charge >= 0.3 is 6.03 Å². The first kappa shape index (κ1) is 17.4. The fourth-order valence-electron chi connectivity index (χ4n) is 3.15. The third kappa shape index (κ3) is 3.62. The molecule has 0 saturated carbocycles. The quantitative estimate of drug-likeness (QED) is 0.625. The Labute approximate surface area is 163 Å². The van der Waals surface area contributed by atoms with Crippen LogP contribution in [-0.2, 0) is 13.2 Å². The van der Waals surface area contributed by atoms with Crippen LogP contribution in [0.2, 0.25) is 5.02 Å². The average molecular weight is 379 g/mol. The number of nitrogens with zero attached hydrogens (tertiary/aromatic N) is 1.